The number of benzene rings is 2. The Morgan fingerprint density at radius 3 is 2.48 bits per heavy atom. The van der Waals surface area contributed by atoms with E-state index in [1.54, 1.807) is 11.8 Å². The summed E-state index contributed by atoms with van der Waals surface area (Å²) in [6.07, 6.45) is 1.82. The number of hydrogen-bond acceptors (Lipinski definition) is 6. The average molecular weight is 651 g/mol. The number of para-hydroxylation sites is 1. The minimum atomic E-state index is -0.409. The molecule has 1 aliphatic rings. The highest BCUT2D eigenvalue weighted by molar-refractivity contribution is 14.1. The molecule has 0 unspecified atom stereocenters. The maximum Gasteiger partial charge on any atom is 0.344 e. The normalized spacial score (nSPS) is 15.1. The molecule has 1 fully saturated rings. The molecule has 150 valence electrons. The molecule has 0 bridgehead atoms. The number of thioether (sulfide) groups is 1. The standard InChI is InChI=1S/C20H15I2NO4S2/c1-2-26-17(24)11-27-18-14(21)8-12(9-15(18)22)10-16-19(25)23(20(28)29-16)13-6-4-3-5-7-13/h3-10H,2,11H2,1H3/b16-10+. The fourth-order valence-corrected chi connectivity index (χ4v) is 5.98. The summed E-state index contributed by atoms with van der Waals surface area (Å²) in [6, 6.07) is 13.2. The second-order valence-electron chi connectivity index (χ2n) is 5.76. The van der Waals surface area contributed by atoms with Gasteiger partial charge in [-0.05, 0) is 88.0 Å². The van der Waals surface area contributed by atoms with Crippen molar-refractivity contribution in [3.8, 4) is 5.75 Å². The van der Waals surface area contributed by atoms with E-state index < -0.39 is 5.97 Å². The van der Waals surface area contributed by atoms with Crippen molar-refractivity contribution in [2.75, 3.05) is 18.1 Å². The Morgan fingerprint density at radius 1 is 1.21 bits per heavy atom. The van der Waals surface area contributed by atoms with Crippen molar-refractivity contribution in [2.24, 2.45) is 0 Å². The average Bonchev–Trinajstić information content (AvgIpc) is 2.95. The van der Waals surface area contributed by atoms with E-state index in [0.717, 1.165) is 18.4 Å². The van der Waals surface area contributed by atoms with Crippen LogP contribution < -0.4 is 9.64 Å². The number of esters is 1. The zero-order valence-electron chi connectivity index (χ0n) is 15.2. The molecule has 1 saturated heterocycles. The van der Waals surface area contributed by atoms with Gasteiger partial charge in [-0.1, -0.05) is 42.2 Å². The molecular weight excluding hydrogens is 636 g/mol. The molecule has 0 aromatic heterocycles. The van der Waals surface area contributed by atoms with Crippen molar-refractivity contribution >= 4 is 97.1 Å². The van der Waals surface area contributed by atoms with Crippen LogP contribution in [0.4, 0.5) is 5.69 Å². The van der Waals surface area contributed by atoms with E-state index >= 15 is 0 Å². The summed E-state index contributed by atoms with van der Waals surface area (Å²) >= 11 is 11.0. The number of hydrogen-bond donors (Lipinski definition) is 0. The molecule has 5 nitrogen and oxygen atoms in total. The maximum absolute atomic E-state index is 12.9. The van der Waals surface area contributed by atoms with Crippen LogP contribution in [0.2, 0.25) is 0 Å². The minimum Gasteiger partial charge on any atom is -0.480 e. The van der Waals surface area contributed by atoms with E-state index in [4.69, 9.17) is 21.7 Å². The number of thiocarbonyl (C=S) groups is 1. The highest BCUT2D eigenvalue weighted by atomic mass is 127. The Labute approximate surface area is 205 Å². The third-order valence-corrected chi connectivity index (χ3v) is 6.67. The van der Waals surface area contributed by atoms with Crippen molar-refractivity contribution in [3.05, 3.63) is 60.1 Å². The highest BCUT2D eigenvalue weighted by Crippen LogP contribution is 2.37. The van der Waals surface area contributed by atoms with E-state index in [1.807, 2.05) is 48.5 Å². The summed E-state index contributed by atoms with van der Waals surface area (Å²) in [6.45, 7) is 1.92. The Balaban J connectivity index is 1.81. The molecule has 2 aromatic rings. The number of anilines is 1. The van der Waals surface area contributed by atoms with Gasteiger partial charge >= 0.3 is 5.97 Å². The third-order valence-electron chi connectivity index (χ3n) is 3.77. The lowest BCUT2D eigenvalue weighted by Gasteiger charge is -2.14. The van der Waals surface area contributed by atoms with Crippen LogP contribution >= 0.6 is 69.2 Å². The molecule has 0 N–H and O–H groups in total. The third kappa shape index (κ3) is 5.50. The van der Waals surface area contributed by atoms with Crippen LogP contribution in [0.15, 0.2) is 47.4 Å². The topological polar surface area (TPSA) is 55.8 Å². The summed E-state index contributed by atoms with van der Waals surface area (Å²) in [7, 11) is 0. The lowest BCUT2D eigenvalue weighted by atomic mass is 10.2. The van der Waals surface area contributed by atoms with E-state index in [2.05, 4.69) is 45.2 Å². The van der Waals surface area contributed by atoms with Crippen LogP contribution in [-0.4, -0.2) is 29.4 Å². The first kappa shape index (κ1) is 22.5. The Kier molecular flexibility index (Phi) is 7.93. The number of ether oxygens (including phenoxy) is 2. The summed E-state index contributed by atoms with van der Waals surface area (Å²) in [5.74, 6) is 0.0693. The SMILES string of the molecule is CCOC(=O)COc1c(I)cc(/C=C2/SC(=S)N(c3ccccc3)C2=O)cc1I. The second-order valence-corrected chi connectivity index (χ2v) is 9.76. The van der Waals surface area contributed by atoms with Gasteiger partial charge in [-0.25, -0.2) is 4.79 Å². The predicted octanol–water partition coefficient (Wildman–Crippen LogP) is 5.24. The quantitative estimate of drug-likeness (QED) is 0.185. The van der Waals surface area contributed by atoms with Gasteiger partial charge in [0.2, 0.25) is 0 Å². The molecule has 9 heteroatoms. The monoisotopic (exact) mass is 651 g/mol. The molecule has 3 rings (SSSR count). The molecule has 0 atom stereocenters. The fraction of sp³-hybridized carbons (Fsp3) is 0.150. The van der Waals surface area contributed by atoms with Crippen LogP contribution in [0.25, 0.3) is 6.08 Å². The number of amides is 1. The van der Waals surface area contributed by atoms with Crippen molar-refractivity contribution in [2.45, 2.75) is 6.92 Å². The van der Waals surface area contributed by atoms with Gasteiger partial charge in [-0.15, -0.1) is 0 Å². The maximum atomic E-state index is 12.9. The van der Waals surface area contributed by atoms with Crippen LogP contribution in [-0.2, 0) is 14.3 Å². The van der Waals surface area contributed by atoms with E-state index in [1.165, 1.54) is 11.8 Å². The van der Waals surface area contributed by atoms with Crippen molar-refractivity contribution in [1.82, 2.24) is 0 Å². The molecule has 1 amide bonds. The molecule has 2 aromatic carbocycles. The lowest BCUT2D eigenvalue weighted by molar-refractivity contribution is -0.145. The van der Waals surface area contributed by atoms with Crippen LogP contribution in [0.3, 0.4) is 0 Å². The molecule has 0 spiro atoms. The number of rotatable bonds is 6. The van der Waals surface area contributed by atoms with E-state index in [-0.39, 0.29) is 12.5 Å². The molecule has 0 saturated carbocycles. The van der Waals surface area contributed by atoms with Gasteiger partial charge in [0.1, 0.15) is 5.75 Å². The molecule has 0 radical (unpaired) electrons. The number of carbonyl (C=O) groups is 2. The number of halogens is 2. The number of nitrogens with zero attached hydrogens (tertiary/aromatic N) is 1. The van der Waals surface area contributed by atoms with Gasteiger partial charge in [-0.3, -0.25) is 9.69 Å². The molecule has 29 heavy (non-hydrogen) atoms. The van der Waals surface area contributed by atoms with Crippen molar-refractivity contribution < 1.29 is 19.1 Å². The smallest absolute Gasteiger partial charge is 0.344 e. The van der Waals surface area contributed by atoms with Crippen molar-refractivity contribution in [1.29, 1.82) is 0 Å². The van der Waals surface area contributed by atoms with Crippen molar-refractivity contribution in [3.63, 3.8) is 0 Å². The molecule has 1 aliphatic heterocycles. The van der Waals surface area contributed by atoms with Crippen LogP contribution in [0, 0.1) is 7.14 Å². The van der Waals surface area contributed by atoms with E-state index in [0.29, 0.717) is 21.6 Å². The first-order chi connectivity index (χ1) is 13.9. The predicted molar refractivity (Wildman–Crippen MR) is 136 cm³/mol. The Bertz CT molecular complexity index is 972. The Hall–Kier alpha value is -1.18. The van der Waals surface area contributed by atoms with Crippen LogP contribution in [0.5, 0.6) is 5.75 Å². The van der Waals surface area contributed by atoms with Gasteiger partial charge in [0, 0.05) is 0 Å². The first-order valence-electron chi connectivity index (χ1n) is 8.51. The van der Waals surface area contributed by atoms with E-state index in [9.17, 15) is 9.59 Å². The van der Waals surface area contributed by atoms with Gasteiger partial charge in [0.05, 0.1) is 24.3 Å². The van der Waals surface area contributed by atoms with Gasteiger partial charge in [-0.2, -0.15) is 0 Å². The van der Waals surface area contributed by atoms with Gasteiger partial charge in [0.25, 0.3) is 5.91 Å². The van der Waals surface area contributed by atoms with Gasteiger partial charge in [0.15, 0.2) is 10.9 Å². The van der Waals surface area contributed by atoms with Crippen LogP contribution in [0.1, 0.15) is 12.5 Å². The minimum absolute atomic E-state index is 0.140. The molecule has 1 heterocycles. The Morgan fingerprint density at radius 2 is 1.86 bits per heavy atom. The summed E-state index contributed by atoms with van der Waals surface area (Å²) < 4.78 is 12.7. The summed E-state index contributed by atoms with van der Waals surface area (Å²) in [5.41, 5.74) is 1.61. The fourth-order valence-electron chi connectivity index (χ4n) is 2.55. The second kappa shape index (κ2) is 10.2. The zero-order chi connectivity index (χ0) is 21.0. The number of carbonyl (C=O) groups excluding carboxylic acids is 2. The summed E-state index contributed by atoms with van der Waals surface area (Å²) in [5, 5.41) is 0. The zero-order valence-corrected chi connectivity index (χ0v) is 21.1. The lowest BCUT2D eigenvalue weighted by Crippen LogP contribution is -2.27. The molecule has 0 aliphatic carbocycles. The summed E-state index contributed by atoms with van der Waals surface area (Å²) in [4.78, 5) is 26.5. The largest absolute Gasteiger partial charge is 0.480 e. The molecular formula is C20H15I2NO4S2. The first-order valence-corrected chi connectivity index (χ1v) is 11.9. The highest BCUT2D eigenvalue weighted by Gasteiger charge is 2.33. The van der Waals surface area contributed by atoms with Gasteiger partial charge < -0.3 is 9.47 Å².